The Morgan fingerprint density at radius 2 is 2.00 bits per heavy atom. The van der Waals surface area contributed by atoms with Gasteiger partial charge >= 0.3 is 0 Å². The third kappa shape index (κ3) is 3.82. The highest BCUT2D eigenvalue weighted by Gasteiger charge is 2.33. The van der Waals surface area contributed by atoms with Gasteiger partial charge in [-0.25, -0.2) is 9.97 Å². The van der Waals surface area contributed by atoms with Gasteiger partial charge in [0.25, 0.3) is 0 Å². The van der Waals surface area contributed by atoms with Crippen LogP contribution in [-0.2, 0) is 11.3 Å². The molecule has 1 aromatic carbocycles. The fraction of sp³-hybridized carbons (Fsp3) is 0.571. The molecule has 4 rings (SSSR count). The van der Waals surface area contributed by atoms with Crippen molar-refractivity contribution < 1.29 is 4.79 Å². The van der Waals surface area contributed by atoms with E-state index in [2.05, 4.69) is 41.2 Å². The predicted molar refractivity (Wildman–Crippen MR) is 111 cm³/mol. The lowest BCUT2D eigenvalue weighted by atomic mass is 10.0. The second kappa shape index (κ2) is 8.01. The lowest BCUT2D eigenvalue weighted by Crippen LogP contribution is -2.62. The molecule has 150 valence electrons. The molecular weight excluding hydrogens is 352 g/mol. The highest BCUT2D eigenvalue weighted by molar-refractivity contribution is 5.92. The fourth-order valence-electron chi connectivity index (χ4n) is 4.15. The number of hydrogen-bond acceptors (Lipinski definition) is 6. The molecule has 2 aliphatic rings. The van der Waals surface area contributed by atoms with Gasteiger partial charge in [-0.05, 0) is 31.0 Å². The first kappa shape index (κ1) is 19.1. The van der Waals surface area contributed by atoms with Crippen molar-refractivity contribution in [3.05, 3.63) is 30.1 Å². The lowest BCUT2D eigenvalue weighted by Gasteiger charge is -2.42. The van der Waals surface area contributed by atoms with Gasteiger partial charge in [0.2, 0.25) is 5.91 Å². The predicted octanol–water partition coefficient (Wildman–Crippen LogP) is 2.05. The Bertz CT molecular complexity index is 854. The molecule has 3 heterocycles. The monoisotopic (exact) mass is 382 g/mol. The highest BCUT2D eigenvalue weighted by Crippen LogP contribution is 2.24. The first-order chi connectivity index (χ1) is 13.5. The van der Waals surface area contributed by atoms with Gasteiger partial charge in [0.05, 0.1) is 18.2 Å². The van der Waals surface area contributed by atoms with Crippen LogP contribution in [0.2, 0.25) is 0 Å². The standard InChI is InChI=1S/C21H30N6O/c1-4-9-26-10-11-27-12-17-22-16-8-6-5-7-15(16)20(23-17)25-19(14(2)3)21(28)24-18(27)13-26/h5-8,14,18-19H,4,9-13H2,1-3H3,(H,24,28)(H,22,23,25)/t18?,19-/m0/s1. The van der Waals surface area contributed by atoms with Crippen molar-refractivity contribution in [2.24, 2.45) is 5.92 Å². The van der Waals surface area contributed by atoms with Gasteiger partial charge in [-0.3, -0.25) is 14.6 Å². The van der Waals surface area contributed by atoms with Crippen LogP contribution in [0.25, 0.3) is 10.9 Å². The molecule has 2 aromatic rings. The minimum Gasteiger partial charge on any atom is -0.358 e. The Morgan fingerprint density at radius 1 is 1.18 bits per heavy atom. The van der Waals surface area contributed by atoms with Crippen molar-refractivity contribution >= 4 is 22.6 Å². The number of piperazine rings is 1. The van der Waals surface area contributed by atoms with Crippen LogP contribution < -0.4 is 10.6 Å². The highest BCUT2D eigenvalue weighted by atomic mass is 16.2. The molecule has 0 radical (unpaired) electrons. The fourth-order valence-corrected chi connectivity index (χ4v) is 4.15. The second-order valence-electron chi connectivity index (χ2n) is 8.17. The number of fused-ring (bicyclic) bond motifs is 5. The number of aromatic nitrogens is 2. The zero-order valence-electron chi connectivity index (χ0n) is 17.0. The number of hydrogen-bond donors (Lipinski definition) is 2. The smallest absolute Gasteiger partial charge is 0.244 e. The van der Waals surface area contributed by atoms with Crippen LogP contribution in [0.15, 0.2) is 24.3 Å². The number of carbonyl (C=O) groups is 1. The summed E-state index contributed by atoms with van der Waals surface area (Å²) in [6, 6.07) is 7.66. The summed E-state index contributed by atoms with van der Waals surface area (Å²) in [5.41, 5.74) is 0.916. The summed E-state index contributed by atoms with van der Waals surface area (Å²) < 4.78 is 0. The average Bonchev–Trinajstić information content (AvgIpc) is 2.67. The minimum absolute atomic E-state index is 0.0209. The van der Waals surface area contributed by atoms with Crippen LogP contribution in [0.1, 0.15) is 33.0 Å². The van der Waals surface area contributed by atoms with Crippen LogP contribution >= 0.6 is 0 Å². The van der Waals surface area contributed by atoms with Crippen molar-refractivity contribution in [2.45, 2.75) is 45.9 Å². The Morgan fingerprint density at radius 3 is 2.79 bits per heavy atom. The summed E-state index contributed by atoms with van der Waals surface area (Å²) in [6.45, 7) is 10.8. The summed E-state index contributed by atoms with van der Waals surface area (Å²) in [7, 11) is 0. The van der Waals surface area contributed by atoms with Crippen molar-refractivity contribution in [1.82, 2.24) is 25.1 Å². The molecule has 1 amide bonds. The van der Waals surface area contributed by atoms with Gasteiger partial charge in [0, 0.05) is 25.0 Å². The number of anilines is 1. The molecular formula is C21H30N6O. The van der Waals surface area contributed by atoms with Crippen LogP contribution in [0.5, 0.6) is 0 Å². The van der Waals surface area contributed by atoms with Gasteiger partial charge in [0.15, 0.2) is 0 Å². The van der Waals surface area contributed by atoms with Crippen LogP contribution in [0.4, 0.5) is 5.82 Å². The first-order valence-corrected chi connectivity index (χ1v) is 10.3. The summed E-state index contributed by atoms with van der Waals surface area (Å²) in [4.78, 5) is 27.5. The third-order valence-corrected chi connectivity index (χ3v) is 5.66. The number of rotatable bonds is 3. The van der Waals surface area contributed by atoms with Crippen LogP contribution in [-0.4, -0.2) is 64.1 Å². The van der Waals surface area contributed by atoms with E-state index in [1.807, 2.05) is 24.3 Å². The lowest BCUT2D eigenvalue weighted by molar-refractivity contribution is -0.125. The first-order valence-electron chi connectivity index (χ1n) is 10.3. The Labute approximate surface area is 166 Å². The Balaban J connectivity index is 1.74. The maximum atomic E-state index is 13.2. The third-order valence-electron chi connectivity index (χ3n) is 5.66. The SMILES string of the molecule is CCCN1CCN2Cc3nc(c4ccccc4n3)N[C@@H](C(C)C)C(=O)NC2C1. The minimum atomic E-state index is -0.340. The molecule has 2 N–H and O–H groups in total. The Kier molecular flexibility index (Phi) is 5.46. The van der Waals surface area contributed by atoms with E-state index >= 15 is 0 Å². The van der Waals surface area contributed by atoms with Gasteiger partial charge in [-0.1, -0.05) is 32.9 Å². The van der Waals surface area contributed by atoms with E-state index in [4.69, 9.17) is 9.97 Å². The number of nitrogens with zero attached hydrogens (tertiary/aromatic N) is 4. The summed E-state index contributed by atoms with van der Waals surface area (Å²) in [5, 5.41) is 7.67. The van der Waals surface area contributed by atoms with E-state index in [-0.39, 0.29) is 24.0 Å². The van der Waals surface area contributed by atoms with E-state index in [0.29, 0.717) is 6.54 Å². The largest absolute Gasteiger partial charge is 0.358 e. The maximum Gasteiger partial charge on any atom is 0.244 e. The summed E-state index contributed by atoms with van der Waals surface area (Å²) >= 11 is 0. The number of amides is 1. The van der Waals surface area contributed by atoms with Crippen molar-refractivity contribution in [2.75, 3.05) is 31.5 Å². The molecule has 2 bridgehead atoms. The van der Waals surface area contributed by atoms with Crippen molar-refractivity contribution in [3.63, 3.8) is 0 Å². The molecule has 2 aliphatic heterocycles. The number of benzene rings is 1. The molecule has 1 fully saturated rings. The topological polar surface area (TPSA) is 73.4 Å². The molecule has 0 spiro atoms. The quantitative estimate of drug-likeness (QED) is 0.846. The second-order valence-corrected chi connectivity index (χ2v) is 8.17. The number of nitrogens with one attached hydrogen (secondary N) is 2. The molecule has 2 atom stereocenters. The van der Waals surface area contributed by atoms with E-state index in [0.717, 1.165) is 55.1 Å². The van der Waals surface area contributed by atoms with Crippen molar-refractivity contribution in [1.29, 1.82) is 0 Å². The zero-order chi connectivity index (χ0) is 19.7. The zero-order valence-corrected chi connectivity index (χ0v) is 17.0. The van der Waals surface area contributed by atoms with E-state index < -0.39 is 0 Å². The van der Waals surface area contributed by atoms with Gasteiger partial charge < -0.3 is 10.6 Å². The summed E-state index contributed by atoms with van der Waals surface area (Å²) in [5.74, 6) is 1.72. The molecule has 7 heteroatoms. The normalized spacial score (nSPS) is 23.9. The maximum absolute atomic E-state index is 13.2. The van der Waals surface area contributed by atoms with Crippen LogP contribution in [0, 0.1) is 5.92 Å². The van der Waals surface area contributed by atoms with E-state index in [1.54, 1.807) is 0 Å². The molecule has 28 heavy (non-hydrogen) atoms. The molecule has 1 saturated heterocycles. The van der Waals surface area contributed by atoms with Gasteiger partial charge in [-0.15, -0.1) is 0 Å². The van der Waals surface area contributed by atoms with Gasteiger partial charge in [-0.2, -0.15) is 0 Å². The molecule has 1 unspecified atom stereocenters. The average molecular weight is 383 g/mol. The van der Waals surface area contributed by atoms with Gasteiger partial charge in [0.1, 0.15) is 17.7 Å². The van der Waals surface area contributed by atoms with E-state index in [9.17, 15) is 4.79 Å². The summed E-state index contributed by atoms with van der Waals surface area (Å²) in [6.07, 6.45) is 1.10. The van der Waals surface area contributed by atoms with Crippen molar-refractivity contribution in [3.8, 4) is 0 Å². The molecule has 1 aromatic heterocycles. The number of para-hydroxylation sites is 1. The number of carbonyl (C=O) groups excluding carboxylic acids is 1. The van der Waals surface area contributed by atoms with E-state index in [1.165, 1.54) is 0 Å². The molecule has 0 saturated carbocycles. The van der Waals surface area contributed by atoms with Crippen LogP contribution in [0.3, 0.4) is 0 Å². The Hall–Kier alpha value is -2.25. The molecule has 7 nitrogen and oxygen atoms in total. The molecule has 0 aliphatic carbocycles.